The minimum Gasteiger partial charge on any atom is -0.545 e. The number of allylic oxidation sites excluding steroid dienone is 12. The molecule has 0 N–H and O–H groups in total. The van der Waals surface area contributed by atoms with Crippen molar-refractivity contribution in [3.8, 4) is 0 Å². The number of carbonyl (C=O) groups is 3. The molecule has 0 heterocycles. The van der Waals surface area contributed by atoms with Gasteiger partial charge in [0.2, 0.25) is 0 Å². The topological polar surface area (TPSA) is 111 Å². The van der Waals surface area contributed by atoms with E-state index in [1.165, 1.54) is 154 Å². The average Bonchev–Trinajstić information content (AvgIpc) is 3.39. The lowest BCUT2D eigenvalue weighted by Crippen LogP contribution is -2.44. The summed E-state index contributed by atoms with van der Waals surface area (Å²) in [5.41, 5.74) is 0. The molecule has 9 heteroatoms. The first-order chi connectivity index (χ1) is 37.1. The van der Waals surface area contributed by atoms with E-state index in [9.17, 15) is 19.5 Å². The third kappa shape index (κ3) is 58.4. The van der Waals surface area contributed by atoms with Crippen LogP contribution < -0.4 is 5.11 Å². The molecule has 0 rings (SSSR count). The molecule has 0 fully saturated rings. The Morgan fingerprint density at radius 3 is 1.12 bits per heavy atom. The molecule has 0 aromatic rings. The van der Waals surface area contributed by atoms with E-state index < -0.39 is 24.3 Å². The highest BCUT2D eigenvalue weighted by Gasteiger charge is 2.22. The standard InChI is InChI=1S/C67H119NO8/c1-6-8-10-12-14-16-18-20-22-23-24-25-26-27-28-29-30-31-32-33-34-35-36-37-38-39-40-41-42-43-44-46-48-50-52-54-56-58-65(70)76-63(62-75-67(66(71)72)73-60-59-68(3,4)5)61-74-64(69)57-55-53-51-49-47-45-21-19-17-15-13-11-9-7-2/h8,10,13-16,19-22,24-25,63,67H,6-7,9,11-12,17-18,23,26-62H2,1-5H3/b10-8-,15-13-,16-14-,21-19-,22-20-,25-24-. The largest absolute Gasteiger partial charge is 0.545 e. The Hall–Kier alpha value is -3.27. The van der Waals surface area contributed by atoms with Gasteiger partial charge in [-0.15, -0.1) is 0 Å². The van der Waals surface area contributed by atoms with Gasteiger partial charge < -0.3 is 33.3 Å². The highest BCUT2D eigenvalue weighted by Crippen LogP contribution is 2.17. The Kier molecular flexibility index (Phi) is 55.4. The monoisotopic (exact) mass is 1070 g/mol. The first kappa shape index (κ1) is 72.7. The third-order valence-corrected chi connectivity index (χ3v) is 13.7. The molecule has 0 bridgehead atoms. The van der Waals surface area contributed by atoms with Crippen LogP contribution in [-0.2, 0) is 33.3 Å². The van der Waals surface area contributed by atoms with E-state index >= 15 is 0 Å². The quantitative estimate of drug-likeness (QED) is 0.0195. The van der Waals surface area contributed by atoms with Crippen LogP contribution in [-0.4, -0.2) is 82.3 Å². The summed E-state index contributed by atoms with van der Waals surface area (Å²) < 4.78 is 22.7. The average molecular weight is 1070 g/mol. The molecule has 0 spiro atoms. The van der Waals surface area contributed by atoms with Crippen molar-refractivity contribution < 1.29 is 42.9 Å². The number of carboxylic acid groups (broad SMARTS) is 1. The van der Waals surface area contributed by atoms with Gasteiger partial charge in [-0.3, -0.25) is 9.59 Å². The Morgan fingerprint density at radius 1 is 0.408 bits per heavy atom. The van der Waals surface area contributed by atoms with E-state index in [2.05, 4.69) is 86.8 Å². The number of hydrogen-bond acceptors (Lipinski definition) is 8. The lowest BCUT2D eigenvalue weighted by Gasteiger charge is -2.26. The van der Waals surface area contributed by atoms with Crippen molar-refractivity contribution in [3.63, 3.8) is 0 Å². The molecular weight excluding hydrogens is 947 g/mol. The Morgan fingerprint density at radius 2 is 0.750 bits per heavy atom. The third-order valence-electron chi connectivity index (χ3n) is 13.7. The van der Waals surface area contributed by atoms with Crippen LogP contribution in [0.5, 0.6) is 0 Å². The van der Waals surface area contributed by atoms with Crippen molar-refractivity contribution in [3.05, 3.63) is 72.9 Å². The first-order valence-electron chi connectivity index (χ1n) is 31.6. The van der Waals surface area contributed by atoms with Gasteiger partial charge in [-0.05, 0) is 77.0 Å². The van der Waals surface area contributed by atoms with Crippen molar-refractivity contribution in [1.82, 2.24) is 0 Å². The SMILES string of the molecule is CC/C=C\C/C=C\C/C=C\C/C=C\CCCCCCCCCCCCCCCCCCCCCCCCCCC(=O)OC(COC(=O)CCCCCCC/C=C\C/C=C\CCCC)COC(OCC[N+](C)(C)C)C(=O)[O-]. The van der Waals surface area contributed by atoms with Gasteiger partial charge in [-0.1, -0.05) is 260 Å². The van der Waals surface area contributed by atoms with Crippen LogP contribution in [0.2, 0.25) is 0 Å². The predicted molar refractivity (Wildman–Crippen MR) is 320 cm³/mol. The molecule has 2 atom stereocenters. The van der Waals surface area contributed by atoms with Gasteiger partial charge >= 0.3 is 11.9 Å². The fraction of sp³-hybridized carbons (Fsp3) is 0.776. The number of aliphatic carboxylic acids is 1. The van der Waals surface area contributed by atoms with Crippen molar-refractivity contribution in [2.75, 3.05) is 47.5 Å². The molecule has 76 heavy (non-hydrogen) atoms. The predicted octanol–water partition coefficient (Wildman–Crippen LogP) is 17.6. The van der Waals surface area contributed by atoms with Crippen LogP contribution in [0.4, 0.5) is 0 Å². The number of carboxylic acids is 1. The number of hydrogen-bond donors (Lipinski definition) is 0. The molecule has 0 aliphatic heterocycles. The number of rotatable bonds is 58. The maximum Gasteiger partial charge on any atom is 0.306 e. The van der Waals surface area contributed by atoms with Gasteiger partial charge in [0.05, 0.1) is 40.3 Å². The first-order valence-corrected chi connectivity index (χ1v) is 31.6. The van der Waals surface area contributed by atoms with Gasteiger partial charge in [0.1, 0.15) is 13.2 Å². The van der Waals surface area contributed by atoms with Crippen molar-refractivity contribution in [2.45, 2.75) is 289 Å². The molecular formula is C67H119NO8. The van der Waals surface area contributed by atoms with E-state index in [0.717, 1.165) is 89.9 Å². The van der Waals surface area contributed by atoms with Crippen LogP contribution in [0.1, 0.15) is 277 Å². The Bertz CT molecular complexity index is 1470. The number of ether oxygens (including phenoxy) is 4. The smallest absolute Gasteiger partial charge is 0.306 e. The number of nitrogens with zero attached hydrogens (tertiary/aromatic N) is 1. The van der Waals surface area contributed by atoms with Crippen LogP contribution in [0.3, 0.4) is 0 Å². The summed E-state index contributed by atoms with van der Waals surface area (Å²) in [5.74, 6) is -2.29. The number of quaternary nitrogens is 1. The summed E-state index contributed by atoms with van der Waals surface area (Å²) in [7, 11) is 5.92. The highest BCUT2D eigenvalue weighted by atomic mass is 16.7. The summed E-state index contributed by atoms with van der Waals surface area (Å²) in [6.45, 7) is 4.60. The molecule has 0 aliphatic rings. The summed E-state index contributed by atoms with van der Waals surface area (Å²) >= 11 is 0. The van der Waals surface area contributed by atoms with Gasteiger partial charge in [-0.25, -0.2) is 0 Å². The fourth-order valence-electron chi connectivity index (χ4n) is 8.84. The second kappa shape index (κ2) is 57.9. The van der Waals surface area contributed by atoms with Gasteiger partial charge in [0, 0.05) is 12.8 Å². The molecule has 0 aromatic heterocycles. The molecule has 0 radical (unpaired) electrons. The number of unbranched alkanes of at least 4 members (excludes halogenated alkanes) is 31. The number of esters is 2. The lowest BCUT2D eigenvalue weighted by molar-refractivity contribution is -0.870. The Balaban J connectivity index is 3.99. The zero-order valence-corrected chi connectivity index (χ0v) is 50.1. The minimum atomic E-state index is -1.62. The molecule has 0 saturated carbocycles. The van der Waals surface area contributed by atoms with Crippen molar-refractivity contribution in [1.29, 1.82) is 0 Å². The molecule has 0 amide bonds. The number of carbonyl (C=O) groups excluding carboxylic acids is 3. The zero-order valence-electron chi connectivity index (χ0n) is 50.1. The maximum absolute atomic E-state index is 12.9. The fourth-order valence-corrected chi connectivity index (χ4v) is 8.84. The minimum absolute atomic E-state index is 0.145. The van der Waals surface area contributed by atoms with E-state index in [1.807, 2.05) is 21.1 Å². The Labute approximate surface area is 468 Å². The molecule has 0 aromatic carbocycles. The van der Waals surface area contributed by atoms with Crippen LogP contribution in [0, 0.1) is 0 Å². The normalized spacial score (nSPS) is 13.2. The zero-order chi connectivity index (χ0) is 55.5. The van der Waals surface area contributed by atoms with Crippen LogP contribution in [0.15, 0.2) is 72.9 Å². The van der Waals surface area contributed by atoms with Gasteiger partial charge in [-0.2, -0.15) is 0 Å². The molecule has 9 nitrogen and oxygen atoms in total. The number of likely N-dealkylation sites (N-methyl/N-ethyl adjacent to an activating group) is 1. The summed E-state index contributed by atoms with van der Waals surface area (Å²) in [4.78, 5) is 37.3. The summed E-state index contributed by atoms with van der Waals surface area (Å²) in [5, 5.41) is 11.8. The highest BCUT2D eigenvalue weighted by molar-refractivity contribution is 5.70. The van der Waals surface area contributed by atoms with E-state index in [0.29, 0.717) is 17.4 Å². The van der Waals surface area contributed by atoms with Gasteiger partial charge in [0.25, 0.3) is 0 Å². The lowest BCUT2D eigenvalue weighted by atomic mass is 10.0. The van der Waals surface area contributed by atoms with Gasteiger partial charge in [0.15, 0.2) is 12.4 Å². The molecule has 0 saturated heterocycles. The van der Waals surface area contributed by atoms with Crippen molar-refractivity contribution >= 4 is 17.9 Å². The molecule has 0 aliphatic carbocycles. The second-order valence-corrected chi connectivity index (χ2v) is 22.3. The van der Waals surface area contributed by atoms with E-state index in [1.54, 1.807) is 0 Å². The molecule has 440 valence electrons. The summed E-state index contributed by atoms with van der Waals surface area (Å²) in [6.07, 6.45) is 72.7. The van der Waals surface area contributed by atoms with Crippen LogP contribution in [0.25, 0.3) is 0 Å². The maximum atomic E-state index is 12.9. The second-order valence-electron chi connectivity index (χ2n) is 22.3. The summed E-state index contributed by atoms with van der Waals surface area (Å²) in [6, 6.07) is 0. The van der Waals surface area contributed by atoms with Crippen molar-refractivity contribution in [2.24, 2.45) is 0 Å². The molecule has 2 unspecified atom stereocenters. The van der Waals surface area contributed by atoms with Crippen LogP contribution >= 0.6 is 0 Å². The van der Waals surface area contributed by atoms with E-state index in [-0.39, 0.29) is 38.6 Å². The van der Waals surface area contributed by atoms with E-state index in [4.69, 9.17) is 18.9 Å².